The Hall–Kier alpha value is -1.63. The molecular formula is C16H18ClN3O2S. The van der Waals surface area contributed by atoms with Crippen LogP contribution in [0.2, 0.25) is 5.02 Å². The smallest absolute Gasteiger partial charge is 0.242 e. The second-order valence-electron chi connectivity index (χ2n) is 5.29. The van der Waals surface area contributed by atoms with E-state index in [-0.39, 0.29) is 5.91 Å². The average Bonchev–Trinajstić information content (AvgIpc) is 3.04. The fraction of sp³-hybridized carbons (Fsp3) is 0.375. The minimum atomic E-state index is 0.114. The molecule has 0 spiro atoms. The summed E-state index contributed by atoms with van der Waals surface area (Å²) in [7, 11) is 1.65. The summed E-state index contributed by atoms with van der Waals surface area (Å²) in [4.78, 5) is 20.7. The first-order valence-electron chi connectivity index (χ1n) is 7.41. The number of methoxy groups -OCH3 is 1. The van der Waals surface area contributed by atoms with Crippen molar-refractivity contribution in [3.05, 3.63) is 34.7 Å². The van der Waals surface area contributed by atoms with Crippen LogP contribution in [-0.2, 0) is 9.53 Å². The van der Waals surface area contributed by atoms with Crippen LogP contribution in [-0.4, -0.2) is 55.7 Å². The molecule has 0 bridgehead atoms. The topological polar surface area (TPSA) is 45.7 Å². The molecule has 2 heterocycles. The van der Waals surface area contributed by atoms with Crippen LogP contribution in [0.25, 0.3) is 11.3 Å². The summed E-state index contributed by atoms with van der Waals surface area (Å²) in [6.07, 6.45) is 0. The number of carbonyl (C=O) groups excluding carboxylic acids is 1. The largest absolute Gasteiger partial charge is 0.383 e. The summed E-state index contributed by atoms with van der Waals surface area (Å²) in [5.74, 6) is 0.114. The molecule has 2 aromatic rings. The van der Waals surface area contributed by atoms with Gasteiger partial charge in [-0.05, 0) is 6.07 Å². The molecule has 122 valence electrons. The fourth-order valence-electron chi connectivity index (χ4n) is 2.51. The summed E-state index contributed by atoms with van der Waals surface area (Å²) >= 11 is 7.76. The number of hydrogen-bond donors (Lipinski definition) is 0. The highest BCUT2D eigenvalue weighted by Gasteiger charge is 2.25. The molecule has 1 amide bonds. The molecule has 1 aliphatic rings. The van der Waals surface area contributed by atoms with E-state index >= 15 is 0 Å². The Morgan fingerprint density at radius 1 is 1.35 bits per heavy atom. The van der Waals surface area contributed by atoms with Gasteiger partial charge in [0.2, 0.25) is 5.91 Å². The van der Waals surface area contributed by atoms with E-state index in [0.29, 0.717) is 31.3 Å². The molecule has 0 atom stereocenters. The van der Waals surface area contributed by atoms with Gasteiger partial charge in [-0.15, -0.1) is 11.3 Å². The molecule has 0 aliphatic carbocycles. The van der Waals surface area contributed by atoms with Crippen molar-refractivity contribution in [1.82, 2.24) is 9.88 Å². The molecule has 1 aromatic heterocycles. The van der Waals surface area contributed by atoms with Gasteiger partial charge in [-0.3, -0.25) is 4.79 Å². The maximum absolute atomic E-state index is 12.2. The fourth-order valence-corrected chi connectivity index (χ4v) is 3.60. The van der Waals surface area contributed by atoms with E-state index < -0.39 is 0 Å². The molecule has 3 rings (SSSR count). The van der Waals surface area contributed by atoms with Gasteiger partial charge in [0.15, 0.2) is 5.13 Å². The predicted octanol–water partition coefficient (Wildman–Crippen LogP) is 2.76. The van der Waals surface area contributed by atoms with Gasteiger partial charge in [-0.1, -0.05) is 29.8 Å². The van der Waals surface area contributed by atoms with E-state index in [2.05, 4.69) is 4.98 Å². The highest BCUT2D eigenvalue weighted by molar-refractivity contribution is 7.14. The molecule has 1 aromatic carbocycles. The van der Waals surface area contributed by atoms with Crippen LogP contribution in [0, 0.1) is 0 Å². The maximum atomic E-state index is 12.2. The number of rotatable bonds is 5. The number of aromatic nitrogens is 1. The molecule has 0 N–H and O–H groups in total. The lowest BCUT2D eigenvalue weighted by Crippen LogP contribution is -2.51. The minimum absolute atomic E-state index is 0.114. The van der Waals surface area contributed by atoms with Gasteiger partial charge in [-0.25, -0.2) is 4.98 Å². The number of hydrogen-bond acceptors (Lipinski definition) is 5. The second-order valence-corrected chi connectivity index (χ2v) is 6.53. The quantitative estimate of drug-likeness (QED) is 0.831. The summed E-state index contributed by atoms with van der Waals surface area (Å²) in [6, 6.07) is 7.65. The third-order valence-corrected chi connectivity index (χ3v) is 5.03. The molecule has 0 unspecified atom stereocenters. The number of anilines is 1. The number of nitrogens with zero attached hydrogens (tertiary/aromatic N) is 3. The van der Waals surface area contributed by atoms with Gasteiger partial charge in [-0.2, -0.15) is 0 Å². The van der Waals surface area contributed by atoms with Gasteiger partial charge in [0, 0.05) is 42.7 Å². The number of piperazine rings is 1. The van der Waals surface area contributed by atoms with Gasteiger partial charge in [0.25, 0.3) is 0 Å². The van der Waals surface area contributed by atoms with Crippen molar-refractivity contribution in [2.45, 2.75) is 0 Å². The van der Waals surface area contributed by atoms with E-state index in [0.717, 1.165) is 22.9 Å². The Kier molecular flexibility index (Phi) is 5.15. The van der Waals surface area contributed by atoms with Crippen molar-refractivity contribution in [3.63, 3.8) is 0 Å². The Morgan fingerprint density at radius 3 is 2.91 bits per heavy atom. The zero-order valence-electron chi connectivity index (χ0n) is 12.9. The first kappa shape index (κ1) is 16.2. The number of benzene rings is 1. The SMILES string of the molecule is COCCN1CCN(c2nc(-c3ccccc3Cl)cs2)CC1=O. The van der Waals surface area contributed by atoms with E-state index in [9.17, 15) is 4.79 Å². The second kappa shape index (κ2) is 7.29. The van der Waals surface area contributed by atoms with E-state index in [1.807, 2.05) is 39.4 Å². The number of ether oxygens (including phenoxy) is 1. The maximum Gasteiger partial charge on any atom is 0.242 e. The summed E-state index contributed by atoms with van der Waals surface area (Å²) in [5.41, 5.74) is 1.77. The predicted molar refractivity (Wildman–Crippen MR) is 93.2 cm³/mol. The van der Waals surface area contributed by atoms with E-state index in [4.69, 9.17) is 16.3 Å². The molecule has 0 radical (unpaired) electrons. The first-order chi connectivity index (χ1) is 11.2. The normalized spacial score (nSPS) is 15.3. The van der Waals surface area contributed by atoms with Crippen LogP contribution in [0.5, 0.6) is 0 Å². The standard InChI is InChI=1S/C16H18ClN3O2S/c1-22-9-8-19-6-7-20(10-15(19)21)16-18-14(11-23-16)12-4-2-3-5-13(12)17/h2-5,11H,6-10H2,1H3. The third kappa shape index (κ3) is 3.65. The lowest BCUT2D eigenvalue weighted by molar-refractivity contribution is -0.131. The number of thiazole rings is 1. The van der Waals surface area contributed by atoms with Crippen LogP contribution in [0.1, 0.15) is 0 Å². The Morgan fingerprint density at radius 2 is 2.17 bits per heavy atom. The summed E-state index contributed by atoms with van der Waals surface area (Å²) in [6.45, 7) is 3.05. The average molecular weight is 352 g/mol. The lowest BCUT2D eigenvalue weighted by Gasteiger charge is -2.34. The summed E-state index contributed by atoms with van der Waals surface area (Å²) < 4.78 is 5.04. The molecule has 1 fully saturated rings. The van der Waals surface area contributed by atoms with Crippen LogP contribution in [0.4, 0.5) is 5.13 Å². The first-order valence-corrected chi connectivity index (χ1v) is 8.67. The van der Waals surface area contributed by atoms with Gasteiger partial charge in [0.1, 0.15) is 0 Å². The molecule has 1 aliphatic heterocycles. The number of carbonyl (C=O) groups is 1. The molecule has 7 heteroatoms. The molecule has 0 saturated carbocycles. The van der Waals surface area contributed by atoms with Crippen molar-refractivity contribution in [3.8, 4) is 11.3 Å². The molecule has 1 saturated heterocycles. The molecule has 5 nitrogen and oxygen atoms in total. The summed E-state index contributed by atoms with van der Waals surface area (Å²) in [5, 5.41) is 3.53. The van der Waals surface area contributed by atoms with Crippen LogP contribution in [0.3, 0.4) is 0 Å². The van der Waals surface area contributed by atoms with Crippen molar-refractivity contribution < 1.29 is 9.53 Å². The number of amides is 1. The highest BCUT2D eigenvalue weighted by atomic mass is 35.5. The van der Waals surface area contributed by atoms with Gasteiger partial charge < -0.3 is 14.5 Å². The van der Waals surface area contributed by atoms with Gasteiger partial charge in [0.05, 0.1) is 18.8 Å². The van der Waals surface area contributed by atoms with Crippen molar-refractivity contribution in [2.24, 2.45) is 0 Å². The monoisotopic (exact) mass is 351 g/mol. The third-order valence-electron chi connectivity index (χ3n) is 3.80. The van der Waals surface area contributed by atoms with Crippen LogP contribution in [0.15, 0.2) is 29.6 Å². The van der Waals surface area contributed by atoms with E-state index in [1.54, 1.807) is 18.4 Å². The van der Waals surface area contributed by atoms with Crippen molar-refractivity contribution >= 4 is 34.0 Å². The van der Waals surface area contributed by atoms with Crippen molar-refractivity contribution in [2.75, 3.05) is 44.8 Å². The Labute approximate surface area is 144 Å². The zero-order chi connectivity index (χ0) is 16.2. The van der Waals surface area contributed by atoms with E-state index in [1.165, 1.54) is 0 Å². The lowest BCUT2D eigenvalue weighted by atomic mass is 10.2. The Bertz CT molecular complexity index is 691. The molecular weight excluding hydrogens is 334 g/mol. The molecule has 23 heavy (non-hydrogen) atoms. The zero-order valence-corrected chi connectivity index (χ0v) is 14.4. The Balaban J connectivity index is 1.70. The van der Waals surface area contributed by atoms with Gasteiger partial charge >= 0.3 is 0 Å². The number of halogens is 1. The van der Waals surface area contributed by atoms with Crippen molar-refractivity contribution in [1.29, 1.82) is 0 Å². The van der Waals surface area contributed by atoms with Crippen LogP contribution < -0.4 is 4.90 Å². The minimum Gasteiger partial charge on any atom is -0.383 e. The highest BCUT2D eigenvalue weighted by Crippen LogP contribution is 2.32. The van der Waals surface area contributed by atoms with Crippen LogP contribution >= 0.6 is 22.9 Å².